The summed E-state index contributed by atoms with van der Waals surface area (Å²) >= 11 is 0. The Kier molecular flexibility index (Phi) is 4.97. The summed E-state index contributed by atoms with van der Waals surface area (Å²) in [5.74, 6) is -0.885. The number of likely N-dealkylation sites (N-methyl/N-ethyl adjacent to an activating group) is 1. The minimum Gasteiger partial charge on any atom is -0.478 e. The van der Waals surface area contributed by atoms with Gasteiger partial charge in [-0.15, -0.1) is 0 Å². The number of nitrogens with two attached hydrogens (primary N) is 1. The van der Waals surface area contributed by atoms with Crippen molar-refractivity contribution >= 4 is 5.97 Å². The first kappa shape index (κ1) is 18.1. The van der Waals surface area contributed by atoms with Crippen LogP contribution in [0.25, 0.3) is 0 Å². The average Bonchev–Trinajstić information content (AvgIpc) is 2.62. The van der Waals surface area contributed by atoms with E-state index in [-0.39, 0.29) is 0 Å². The van der Waals surface area contributed by atoms with Gasteiger partial charge in [-0.25, -0.2) is 4.79 Å². The van der Waals surface area contributed by atoms with E-state index in [1.54, 1.807) is 6.08 Å². The Morgan fingerprint density at radius 2 is 2.00 bits per heavy atom. The molecule has 4 N–H and O–H groups in total. The van der Waals surface area contributed by atoms with E-state index in [9.17, 15) is 9.90 Å². The Bertz CT molecular complexity index is 658. The van der Waals surface area contributed by atoms with Crippen molar-refractivity contribution in [2.24, 2.45) is 5.73 Å². The summed E-state index contributed by atoms with van der Waals surface area (Å²) in [6.45, 7) is 3.59. The monoisotopic (exact) mass is 344 g/mol. The van der Waals surface area contributed by atoms with Crippen molar-refractivity contribution < 1.29 is 9.90 Å². The third kappa shape index (κ3) is 3.22. The van der Waals surface area contributed by atoms with Crippen LogP contribution in [0, 0.1) is 0 Å². The zero-order valence-corrected chi connectivity index (χ0v) is 15.0. The molecular formula is C19H28N4O2. The van der Waals surface area contributed by atoms with E-state index in [4.69, 9.17) is 5.73 Å². The average molecular weight is 344 g/mol. The van der Waals surface area contributed by atoms with Crippen LogP contribution in [0.1, 0.15) is 12.8 Å². The van der Waals surface area contributed by atoms with Gasteiger partial charge >= 0.3 is 5.97 Å². The van der Waals surface area contributed by atoms with E-state index in [0.717, 1.165) is 38.2 Å². The van der Waals surface area contributed by atoms with Crippen LogP contribution >= 0.6 is 0 Å². The Morgan fingerprint density at radius 1 is 1.28 bits per heavy atom. The van der Waals surface area contributed by atoms with E-state index < -0.39 is 17.2 Å². The smallest absolute Gasteiger partial charge is 0.335 e. The topological polar surface area (TPSA) is 81.8 Å². The molecule has 2 aliphatic carbocycles. The molecule has 3 rings (SSSR count). The number of nitrogens with one attached hydrogen (secondary N) is 1. The summed E-state index contributed by atoms with van der Waals surface area (Å²) in [5.41, 5.74) is 6.77. The second-order valence-electron chi connectivity index (χ2n) is 7.25. The van der Waals surface area contributed by atoms with E-state index in [0.29, 0.717) is 12.0 Å². The number of hydrogen-bond acceptors (Lipinski definition) is 5. The molecule has 0 bridgehead atoms. The maximum absolute atomic E-state index is 12.0. The van der Waals surface area contributed by atoms with Crippen molar-refractivity contribution in [1.82, 2.24) is 15.1 Å². The van der Waals surface area contributed by atoms with E-state index in [1.165, 1.54) is 0 Å². The molecule has 1 saturated heterocycles. The normalized spacial score (nSPS) is 33.3. The maximum Gasteiger partial charge on any atom is 0.335 e. The van der Waals surface area contributed by atoms with Gasteiger partial charge in [0.25, 0.3) is 0 Å². The number of piperazine rings is 1. The number of rotatable bonds is 4. The fourth-order valence-corrected chi connectivity index (χ4v) is 3.98. The molecule has 136 valence electrons. The van der Waals surface area contributed by atoms with Crippen molar-refractivity contribution in [3.05, 3.63) is 47.6 Å². The lowest BCUT2D eigenvalue weighted by atomic mass is 9.73. The number of allylic oxidation sites excluding steroid dienone is 2. The molecule has 25 heavy (non-hydrogen) atoms. The zero-order chi connectivity index (χ0) is 18.1. The third-order valence-electron chi connectivity index (χ3n) is 5.64. The second kappa shape index (κ2) is 6.88. The molecule has 2 unspecified atom stereocenters. The van der Waals surface area contributed by atoms with Crippen LogP contribution in [0.5, 0.6) is 0 Å². The van der Waals surface area contributed by atoms with Gasteiger partial charge < -0.3 is 16.2 Å². The molecule has 0 aromatic carbocycles. The Balaban J connectivity index is 2.11. The predicted octanol–water partition coefficient (Wildman–Crippen LogP) is 0.704. The zero-order valence-electron chi connectivity index (χ0n) is 15.0. The molecule has 1 fully saturated rings. The van der Waals surface area contributed by atoms with Crippen LogP contribution in [0.4, 0.5) is 0 Å². The minimum absolute atomic E-state index is 0.376. The number of carboxylic acid groups (broad SMARTS) is 1. The van der Waals surface area contributed by atoms with Gasteiger partial charge in [-0.1, -0.05) is 24.3 Å². The molecule has 6 nitrogen and oxygen atoms in total. The second-order valence-corrected chi connectivity index (χ2v) is 7.25. The Labute approximate surface area is 149 Å². The van der Waals surface area contributed by atoms with Crippen LogP contribution in [-0.2, 0) is 4.79 Å². The summed E-state index contributed by atoms with van der Waals surface area (Å²) in [7, 11) is 3.86. The number of aliphatic carboxylic acids is 1. The van der Waals surface area contributed by atoms with Crippen molar-refractivity contribution in [1.29, 1.82) is 0 Å². The maximum atomic E-state index is 12.0. The number of carbonyl (C=O) groups is 1. The van der Waals surface area contributed by atoms with Gasteiger partial charge in [-0.05, 0) is 38.2 Å². The van der Waals surface area contributed by atoms with Crippen LogP contribution in [0.2, 0.25) is 0 Å². The van der Waals surface area contributed by atoms with Crippen LogP contribution in [0.15, 0.2) is 47.6 Å². The molecule has 6 heteroatoms. The molecule has 1 aliphatic heterocycles. The molecule has 3 aliphatic rings. The fraction of sp³-hybridized carbons (Fsp3) is 0.526. The SMILES string of the molecule is CN(C)C1(N)C=CC(C(=O)O)=C(C2(N3CCNCC3)C=CC=CC2)C1. The summed E-state index contributed by atoms with van der Waals surface area (Å²) in [6.07, 6.45) is 13.1. The molecule has 0 radical (unpaired) electrons. The first-order valence-electron chi connectivity index (χ1n) is 8.82. The van der Waals surface area contributed by atoms with Crippen molar-refractivity contribution in [3.63, 3.8) is 0 Å². The number of nitrogens with zero attached hydrogens (tertiary/aromatic N) is 2. The largest absolute Gasteiger partial charge is 0.478 e. The number of hydrogen-bond donors (Lipinski definition) is 3. The lowest BCUT2D eigenvalue weighted by Gasteiger charge is -2.50. The van der Waals surface area contributed by atoms with Crippen molar-refractivity contribution in [3.8, 4) is 0 Å². The first-order valence-corrected chi connectivity index (χ1v) is 8.82. The molecule has 2 atom stereocenters. The quantitative estimate of drug-likeness (QED) is 0.652. The summed E-state index contributed by atoms with van der Waals surface area (Å²) in [6, 6.07) is 0. The van der Waals surface area contributed by atoms with E-state index in [2.05, 4.69) is 22.4 Å². The lowest BCUT2D eigenvalue weighted by Crippen LogP contribution is -2.60. The molecular weight excluding hydrogens is 316 g/mol. The number of carboxylic acids is 1. The first-order chi connectivity index (χ1) is 11.9. The highest BCUT2D eigenvalue weighted by molar-refractivity contribution is 5.92. The van der Waals surface area contributed by atoms with Gasteiger partial charge in [-0.3, -0.25) is 9.80 Å². The highest BCUT2D eigenvalue weighted by Gasteiger charge is 2.45. The van der Waals surface area contributed by atoms with Crippen molar-refractivity contribution in [2.45, 2.75) is 24.0 Å². The fourth-order valence-electron chi connectivity index (χ4n) is 3.98. The van der Waals surface area contributed by atoms with Crippen LogP contribution in [-0.4, -0.2) is 72.4 Å². The molecule has 0 spiro atoms. The molecule has 0 saturated carbocycles. The van der Waals surface area contributed by atoms with Gasteiger partial charge in [0, 0.05) is 32.6 Å². The molecule has 0 aromatic heterocycles. The summed E-state index contributed by atoms with van der Waals surface area (Å²) < 4.78 is 0. The third-order valence-corrected chi connectivity index (χ3v) is 5.64. The van der Waals surface area contributed by atoms with Gasteiger partial charge in [0.2, 0.25) is 0 Å². The van der Waals surface area contributed by atoms with Crippen molar-refractivity contribution in [2.75, 3.05) is 40.3 Å². The van der Waals surface area contributed by atoms with Gasteiger partial charge in [0.15, 0.2) is 0 Å². The summed E-state index contributed by atoms with van der Waals surface area (Å²) in [5, 5.41) is 13.2. The van der Waals surface area contributed by atoms with Gasteiger partial charge in [-0.2, -0.15) is 0 Å². The standard InChI is InChI=1S/C19H28N4O2/c1-22(2)19(20)9-6-15(17(24)25)16(14-19)18(7-4-3-5-8-18)23-12-10-21-11-13-23/h3-7,9,21H,8,10-14,20H2,1-2H3,(H,24,25). The minimum atomic E-state index is -0.885. The van der Waals surface area contributed by atoms with Gasteiger partial charge in [0.1, 0.15) is 0 Å². The Morgan fingerprint density at radius 3 is 2.56 bits per heavy atom. The predicted molar refractivity (Wildman–Crippen MR) is 99.1 cm³/mol. The van der Waals surface area contributed by atoms with E-state index in [1.807, 2.05) is 37.2 Å². The highest BCUT2D eigenvalue weighted by atomic mass is 16.4. The Hall–Kier alpha value is -1.73. The molecule has 1 heterocycles. The summed E-state index contributed by atoms with van der Waals surface area (Å²) in [4.78, 5) is 16.3. The van der Waals surface area contributed by atoms with Gasteiger partial charge in [0.05, 0.1) is 16.8 Å². The van der Waals surface area contributed by atoms with Crippen LogP contribution in [0.3, 0.4) is 0 Å². The van der Waals surface area contributed by atoms with E-state index >= 15 is 0 Å². The van der Waals surface area contributed by atoms with Crippen LogP contribution < -0.4 is 11.1 Å². The lowest BCUT2D eigenvalue weighted by molar-refractivity contribution is -0.132. The molecule has 0 aromatic rings. The molecule has 0 amide bonds. The highest BCUT2D eigenvalue weighted by Crippen LogP contribution is 2.42.